The first kappa shape index (κ1) is 15.1. The normalized spacial score (nSPS) is 21.5. The molecule has 3 rings (SSSR count). The van der Waals surface area contributed by atoms with Crippen molar-refractivity contribution in [1.82, 2.24) is 15.8 Å². The molecule has 0 radical (unpaired) electrons. The maximum absolute atomic E-state index is 12.3. The summed E-state index contributed by atoms with van der Waals surface area (Å²) < 4.78 is 5.17. The number of amides is 1. The van der Waals surface area contributed by atoms with Gasteiger partial charge in [0.1, 0.15) is 5.69 Å². The lowest BCUT2D eigenvalue weighted by Crippen LogP contribution is -2.51. The summed E-state index contributed by atoms with van der Waals surface area (Å²) in [5.74, 6) is -0.0194. The fourth-order valence-electron chi connectivity index (χ4n) is 2.65. The van der Waals surface area contributed by atoms with Crippen LogP contribution in [0, 0.1) is 0 Å². The molecule has 1 aliphatic heterocycles. The Bertz CT molecular complexity index is 671. The minimum atomic E-state index is -0.235. The molecule has 1 amide bonds. The van der Waals surface area contributed by atoms with E-state index in [1.54, 1.807) is 18.2 Å². The third kappa shape index (κ3) is 3.31. The highest BCUT2D eigenvalue weighted by molar-refractivity contribution is 6.30. The predicted octanol–water partition coefficient (Wildman–Crippen LogP) is 2.87. The topological polar surface area (TPSA) is 67.2 Å². The Morgan fingerprint density at radius 1 is 1.45 bits per heavy atom. The van der Waals surface area contributed by atoms with Gasteiger partial charge in [-0.25, -0.2) is 0 Å². The smallest absolute Gasteiger partial charge is 0.290 e. The van der Waals surface area contributed by atoms with Crippen molar-refractivity contribution in [3.63, 3.8) is 0 Å². The molecule has 0 saturated carbocycles. The van der Waals surface area contributed by atoms with Gasteiger partial charge in [0.25, 0.3) is 5.91 Å². The van der Waals surface area contributed by atoms with Gasteiger partial charge in [0.05, 0.1) is 0 Å². The van der Waals surface area contributed by atoms with Crippen molar-refractivity contribution in [2.24, 2.45) is 0 Å². The SMILES string of the molecule is CC1NCCCC1NC(=O)c1cc(-c2cccc(Cl)c2)no1. The molecule has 1 aliphatic rings. The number of piperidine rings is 1. The molecule has 2 N–H and O–H groups in total. The maximum Gasteiger partial charge on any atom is 0.290 e. The first-order valence-electron chi connectivity index (χ1n) is 7.40. The van der Waals surface area contributed by atoms with Crippen LogP contribution in [0.25, 0.3) is 11.3 Å². The average molecular weight is 320 g/mol. The predicted molar refractivity (Wildman–Crippen MR) is 84.9 cm³/mol. The molecule has 1 saturated heterocycles. The van der Waals surface area contributed by atoms with Gasteiger partial charge >= 0.3 is 0 Å². The summed E-state index contributed by atoms with van der Waals surface area (Å²) in [6, 6.07) is 9.29. The number of halogens is 1. The summed E-state index contributed by atoms with van der Waals surface area (Å²) in [5.41, 5.74) is 1.42. The van der Waals surface area contributed by atoms with E-state index < -0.39 is 0 Å². The molecule has 2 heterocycles. The van der Waals surface area contributed by atoms with Crippen molar-refractivity contribution >= 4 is 17.5 Å². The molecule has 6 heteroatoms. The third-order valence-corrected chi connectivity index (χ3v) is 4.17. The second-order valence-electron chi connectivity index (χ2n) is 5.55. The van der Waals surface area contributed by atoms with Gasteiger partial charge in [0, 0.05) is 28.7 Å². The molecular formula is C16H18ClN3O2. The van der Waals surface area contributed by atoms with Crippen LogP contribution in [0.15, 0.2) is 34.9 Å². The van der Waals surface area contributed by atoms with E-state index in [-0.39, 0.29) is 23.8 Å². The van der Waals surface area contributed by atoms with Gasteiger partial charge in [-0.15, -0.1) is 0 Å². The third-order valence-electron chi connectivity index (χ3n) is 3.93. The molecule has 22 heavy (non-hydrogen) atoms. The molecule has 2 unspecified atom stereocenters. The van der Waals surface area contributed by atoms with E-state index in [1.807, 2.05) is 12.1 Å². The van der Waals surface area contributed by atoms with E-state index in [9.17, 15) is 4.79 Å². The average Bonchev–Trinajstić information content (AvgIpc) is 2.99. The van der Waals surface area contributed by atoms with Gasteiger partial charge in [-0.1, -0.05) is 28.9 Å². The number of benzene rings is 1. The lowest BCUT2D eigenvalue weighted by molar-refractivity contribution is 0.0882. The Balaban J connectivity index is 1.71. The highest BCUT2D eigenvalue weighted by Gasteiger charge is 2.24. The summed E-state index contributed by atoms with van der Waals surface area (Å²) in [7, 11) is 0. The van der Waals surface area contributed by atoms with E-state index in [1.165, 1.54) is 0 Å². The van der Waals surface area contributed by atoms with Crippen LogP contribution in [0.4, 0.5) is 0 Å². The summed E-state index contributed by atoms with van der Waals surface area (Å²) in [6.07, 6.45) is 2.02. The number of aromatic nitrogens is 1. The molecule has 2 atom stereocenters. The van der Waals surface area contributed by atoms with Crippen LogP contribution in [0.3, 0.4) is 0 Å². The second-order valence-corrected chi connectivity index (χ2v) is 5.99. The molecular weight excluding hydrogens is 302 g/mol. The van der Waals surface area contributed by atoms with Crippen LogP contribution in [0.2, 0.25) is 5.02 Å². The number of nitrogens with one attached hydrogen (secondary N) is 2. The van der Waals surface area contributed by atoms with Gasteiger partial charge in [0.15, 0.2) is 0 Å². The van der Waals surface area contributed by atoms with Crippen LogP contribution in [0.1, 0.15) is 30.3 Å². The zero-order chi connectivity index (χ0) is 15.5. The number of rotatable bonds is 3. The van der Waals surface area contributed by atoms with Crippen LogP contribution < -0.4 is 10.6 Å². The molecule has 1 aromatic carbocycles. The number of hydrogen-bond donors (Lipinski definition) is 2. The first-order chi connectivity index (χ1) is 10.6. The number of hydrogen-bond acceptors (Lipinski definition) is 4. The van der Waals surface area contributed by atoms with Crippen molar-refractivity contribution in [3.05, 3.63) is 41.1 Å². The monoisotopic (exact) mass is 319 g/mol. The van der Waals surface area contributed by atoms with E-state index in [4.69, 9.17) is 16.1 Å². The molecule has 0 spiro atoms. The van der Waals surface area contributed by atoms with Crippen molar-refractivity contribution in [2.75, 3.05) is 6.54 Å². The van der Waals surface area contributed by atoms with Gasteiger partial charge in [-0.05, 0) is 38.4 Å². The lowest BCUT2D eigenvalue weighted by Gasteiger charge is -2.30. The molecule has 2 aromatic rings. The summed E-state index contributed by atoms with van der Waals surface area (Å²) >= 11 is 5.96. The Morgan fingerprint density at radius 3 is 3.09 bits per heavy atom. The van der Waals surface area contributed by atoms with Crippen LogP contribution >= 0.6 is 11.6 Å². The molecule has 1 fully saturated rings. The Morgan fingerprint density at radius 2 is 2.32 bits per heavy atom. The highest BCUT2D eigenvalue weighted by atomic mass is 35.5. The quantitative estimate of drug-likeness (QED) is 0.913. The zero-order valence-electron chi connectivity index (χ0n) is 12.3. The van der Waals surface area contributed by atoms with Crippen molar-refractivity contribution in [3.8, 4) is 11.3 Å². The van der Waals surface area contributed by atoms with E-state index in [0.717, 1.165) is 24.9 Å². The minimum Gasteiger partial charge on any atom is -0.350 e. The molecule has 0 bridgehead atoms. The second kappa shape index (κ2) is 6.50. The van der Waals surface area contributed by atoms with Crippen LogP contribution in [-0.4, -0.2) is 29.7 Å². The minimum absolute atomic E-state index is 0.112. The van der Waals surface area contributed by atoms with E-state index >= 15 is 0 Å². The van der Waals surface area contributed by atoms with E-state index in [2.05, 4.69) is 22.7 Å². The van der Waals surface area contributed by atoms with Crippen molar-refractivity contribution < 1.29 is 9.32 Å². The fraction of sp³-hybridized carbons (Fsp3) is 0.375. The van der Waals surface area contributed by atoms with Crippen molar-refractivity contribution in [1.29, 1.82) is 0 Å². The summed E-state index contributed by atoms with van der Waals surface area (Å²) in [6.45, 7) is 3.07. The van der Waals surface area contributed by atoms with Crippen LogP contribution in [0.5, 0.6) is 0 Å². The fourth-order valence-corrected chi connectivity index (χ4v) is 2.84. The number of nitrogens with zero attached hydrogens (tertiary/aromatic N) is 1. The molecule has 1 aromatic heterocycles. The Kier molecular flexibility index (Phi) is 4.45. The Labute approximate surface area is 134 Å². The molecule has 5 nitrogen and oxygen atoms in total. The number of carbonyl (C=O) groups is 1. The largest absolute Gasteiger partial charge is 0.350 e. The van der Waals surface area contributed by atoms with Gasteiger partial charge in [-0.3, -0.25) is 4.79 Å². The molecule has 116 valence electrons. The van der Waals surface area contributed by atoms with E-state index in [0.29, 0.717) is 10.7 Å². The van der Waals surface area contributed by atoms with Gasteiger partial charge in [-0.2, -0.15) is 0 Å². The zero-order valence-corrected chi connectivity index (χ0v) is 13.1. The van der Waals surface area contributed by atoms with Gasteiger partial charge in [0.2, 0.25) is 5.76 Å². The van der Waals surface area contributed by atoms with Gasteiger partial charge < -0.3 is 15.2 Å². The summed E-state index contributed by atoms with van der Waals surface area (Å²) in [5, 5.41) is 10.9. The standard InChI is InChI=1S/C16H18ClN3O2/c1-10-13(6-3-7-18-10)19-16(21)15-9-14(20-22-15)11-4-2-5-12(17)8-11/h2,4-5,8-10,13,18H,3,6-7H2,1H3,(H,19,21). The maximum atomic E-state index is 12.3. The lowest BCUT2D eigenvalue weighted by atomic mass is 10.00. The number of carbonyl (C=O) groups excluding carboxylic acids is 1. The first-order valence-corrected chi connectivity index (χ1v) is 7.78. The van der Waals surface area contributed by atoms with Crippen molar-refractivity contribution in [2.45, 2.75) is 31.8 Å². The van der Waals surface area contributed by atoms with Crippen LogP contribution in [-0.2, 0) is 0 Å². The Hall–Kier alpha value is -1.85. The summed E-state index contributed by atoms with van der Waals surface area (Å²) in [4.78, 5) is 12.3. The molecule has 0 aliphatic carbocycles. The highest BCUT2D eigenvalue weighted by Crippen LogP contribution is 2.22.